The molecule has 0 radical (unpaired) electrons. The van der Waals surface area contributed by atoms with Crippen LogP contribution in [-0.4, -0.2) is 49.1 Å². The molecule has 0 aliphatic carbocycles. The van der Waals surface area contributed by atoms with Gasteiger partial charge in [0, 0.05) is 5.54 Å². The highest BCUT2D eigenvalue weighted by molar-refractivity contribution is 6.99. The van der Waals surface area contributed by atoms with E-state index in [4.69, 9.17) is 10.2 Å². The number of carbonyl (C=O) groups is 1. The van der Waals surface area contributed by atoms with E-state index in [1.54, 1.807) is 0 Å². The molecule has 0 saturated heterocycles. The van der Waals surface area contributed by atoms with Gasteiger partial charge in [0.2, 0.25) is 0 Å². The van der Waals surface area contributed by atoms with Crippen molar-refractivity contribution >= 4 is 24.8 Å². The Kier molecular flexibility index (Phi) is 8.08. The standard InChI is InChI=1S/C25H38N2O3Si/c1-24(2,3)27(23(28)29)20(17-18-26)19-30-31(25(4,5)6,21-13-9-7-10-14-21)22-15-11-8-12-16-22/h7-16,20H,17-19,26H2,1-6H3,(H,28,29). The molecule has 0 aliphatic heterocycles. The monoisotopic (exact) mass is 442 g/mol. The molecule has 1 amide bonds. The number of hydrogen-bond donors (Lipinski definition) is 2. The third-order valence-corrected chi connectivity index (χ3v) is 10.7. The maximum Gasteiger partial charge on any atom is 0.408 e. The highest BCUT2D eigenvalue weighted by Gasteiger charge is 2.50. The number of hydrogen-bond acceptors (Lipinski definition) is 3. The lowest BCUT2D eigenvalue weighted by atomic mass is 10.0. The first-order valence-electron chi connectivity index (χ1n) is 10.9. The predicted molar refractivity (Wildman–Crippen MR) is 131 cm³/mol. The van der Waals surface area contributed by atoms with Crippen LogP contribution in [0.1, 0.15) is 48.0 Å². The van der Waals surface area contributed by atoms with E-state index in [1.807, 2.05) is 57.2 Å². The van der Waals surface area contributed by atoms with E-state index >= 15 is 0 Å². The second kappa shape index (κ2) is 9.98. The van der Waals surface area contributed by atoms with Gasteiger partial charge in [-0.3, -0.25) is 4.90 Å². The first-order chi connectivity index (χ1) is 14.4. The van der Waals surface area contributed by atoms with Crippen LogP contribution >= 0.6 is 0 Å². The zero-order valence-corrected chi connectivity index (χ0v) is 20.8. The molecule has 170 valence electrons. The fraction of sp³-hybridized carbons (Fsp3) is 0.480. The van der Waals surface area contributed by atoms with Gasteiger partial charge in [-0.05, 0) is 49.1 Å². The van der Waals surface area contributed by atoms with Crippen molar-refractivity contribution in [2.24, 2.45) is 5.73 Å². The second-order valence-corrected chi connectivity index (χ2v) is 14.3. The third-order valence-electron chi connectivity index (χ3n) is 5.70. The van der Waals surface area contributed by atoms with Gasteiger partial charge in [0.05, 0.1) is 12.6 Å². The molecule has 1 unspecified atom stereocenters. The van der Waals surface area contributed by atoms with Gasteiger partial charge in [0.1, 0.15) is 0 Å². The van der Waals surface area contributed by atoms with Gasteiger partial charge in [-0.25, -0.2) is 4.79 Å². The fourth-order valence-electron chi connectivity index (χ4n) is 4.45. The Bertz CT molecular complexity index is 790. The van der Waals surface area contributed by atoms with Crippen LogP contribution in [0.15, 0.2) is 60.7 Å². The molecule has 0 heterocycles. The lowest BCUT2D eigenvalue weighted by Crippen LogP contribution is -2.67. The maximum absolute atomic E-state index is 12.2. The normalized spacial score (nSPS) is 13.6. The van der Waals surface area contributed by atoms with E-state index in [9.17, 15) is 9.90 Å². The van der Waals surface area contributed by atoms with Crippen molar-refractivity contribution in [2.75, 3.05) is 13.2 Å². The molecule has 2 aromatic rings. The summed E-state index contributed by atoms with van der Waals surface area (Å²) in [7, 11) is -2.74. The van der Waals surface area contributed by atoms with Crippen LogP contribution in [-0.2, 0) is 4.43 Å². The van der Waals surface area contributed by atoms with Crippen LogP contribution in [0.3, 0.4) is 0 Å². The minimum absolute atomic E-state index is 0.168. The molecule has 0 aliphatic rings. The van der Waals surface area contributed by atoms with Crippen LogP contribution < -0.4 is 16.1 Å². The fourth-order valence-corrected chi connectivity index (χ4v) is 9.05. The average molecular weight is 443 g/mol. The van der Waals surface area contributed by atoms with Crippen molar-refractivity contribution in [3.63, 3.8) is 0 Å². The summed E-state index contributed by atoms with van der Waals surface area (Å²) >= 11 is 0. The van der Waals surface area contributed by atoms with Crippen molar-refractivity contribution in [3.05, 3.63) is 60.7 Å². The molecule has 0 aromatic heterocycles. The molecule has 0 spiro atoms. The molecule has 3 N–H and O–H groups in total. The number of rotatable bonds is 8. The summed E-state index contributed by atoms with van der Waals surface area (Å²) in [4.78, 5) is 13.7. The largest absolute Gasteiger partial charge is 0.465 e. The predicted octanol–water partition coefficient (Wildman–Crippen LogP) is 4.06. The Morgan fingerprint density at radius 2 is 1.42 bits per heavy atom. The Morgan fingerprint density at radius 1 is 0.968 bits per heavy atom. The number of amides is 1. The first kappa shape index (κ1) is 25.1. The van der Waals surface area contributed by atoms with Crippen LogP contribution in [0, 0.1) is 0 Å². The lowest BCUT2D eigenvalue weighted by Gasteiger charge is -2.46. The van der Waals surface area contributed by atoms with Gasteiger partial charge in [-0.15, -0.1) is 0 Å². The van der Waals surface area contributed by atoms with Crippen LogP contribution in [0.2, 0.25) is 5.04 Å². The third kappa shape index (κ3) is 5.56. The van der Waals surface area contributed by atoms with Gasteiger partial charge in [0.25, 0.3) is 8.32 Å². The zero-order chi connectivity index (χ0) is 23.3. The van der Waals surface area contributed by atoms with E-state index < -0.39 is 19.9 Å². The van der Waals surface area contributed by atoms with Crippen LogP contribution in [0.5, 0.6) is 0 Å². The molecular weight excluding hydrogens is 404 g/mol. The Balaban J connectivity index is 2.59. The number of carboxylic acid groups (broad SMARTS) is 1. The summed E-state index contributed by atoms with van der Waals surface area (Å²) in [5.41, 5.74) is 5.34. The van der Waals surface area contributed by atoms with Gasteiger partial charge in [0.15, 0.2) is 0 Å². The Morgan fingerprint density at radius 3 is 1.74 bits per heavy atom. The topological polar surface area (TPSA) is 75.8 Å². The van der Waals surface area contributed by atoms with Crippen molar-refractivity contribution in [2.45, 2.75) is 64.6 Å². The highest BCUT2D eigenvalue weighted by atomic mass is 28.4. The van der Waals surface area contributed by atoms with Gasteiger partial charge in [-0.2, -0.15) is 0 Å². The quantitative estimate of drug-likeness (QED) is 0.605. The maximum atomic E-state index is 12.2. The minimum atomic E-state index is -2.74. The molecule has 2 aromatic carbocycles. The van der Waals surface area contributed by atoms with Gasteiger partial charge in [-0.1, -0.05) is 81.4 Å². The summed E-state index contributed by atoms with van der Waals surface area (Å²) in [6.07, 6.45) is -0.404. The molecule has 1 atom stereocenters. The molecule has 0 saturated carbocycles. The summed E-state index contributed by atoms with van der Waals surface area (Å²) in [5, 5.41) is 12.2. The second-order valence-electron chi connectivity index (χ2n) is 10.0. The summed E-state index contributed by atoms with van der Waals surface area (Å²) in [6.45, 7) is 13.1. The van der Waals surface area contributed by atoms with Crippen LogP contribution in [0.4, 0.5) is 4.79 Å². The number of nitrogens with zero attached hydrogens (tertiary/aromatic N) is 1. The molecule has 0 fully saturated rings. The molecule has 2 rings (SSSR count). The van der Waals surface area contributed by atoms with Crippen molar-refractivity contribution in [1.29, 1.82) is 0 Å². The van der Waals surface area contributed by atoms with E-state index in [0.29, 0.717) is 19.6 Å². The first-order valence-corrected chi connectivity index (χ1v) is 12.8. The average Bonchev–Trinajstić information content (AvgIpc) is 2.68. The zero-order valence-electron chi connectivity index (χ0n) is 19.8. The van der Waals surface area contributed by atoms with E-state index in [0.717, 1.165) is 0 Å². The summed E-state index contributed by atoms with van der Waals surface area (Å²) in [5.74, 6) is 0. The van der Waals surface area contributed by atoms with E-state index in [2.05, 4.69) is 45.0 Å². The Labute approximate surface area is 188 Å². The number of nitrogens with two attached hydrogens (primary N) is 1. The van der Waals surface area contributed by atoms with Crippen molar-refractivity contribution in [3.8, 4) is 0 Å². The lowest BCUT2D eigenvalue weighted by molar-refractivity contribution is 0.0471. The SMILES string of the molecule is CC(C)(C)N(C(=O)O)C(CCN)CO[Si](c1ccccc1)(c1ccccc1)C(C)(C)C. The van der Waals surface area contributed by atoms with Gasteiger partial charge >= 0.3 is 6.09 Å². The van der Waals surface area contributed by atoms with Crippen molar-refractivity contribution < 1.29 is 14.3 Å². The molecule has 0 bridgehead atoms. The van der Waals surface area contributed by atoms with E-state index in [-0.39, 0.29) is 11.1 Å². The van der Waals surface area contributed by atoms with Crippen molar-refractivity contribution in [1.82, 2.24) is 4.90 Å². The molecule has 5 nitrogen and oxygen atoms in total. The van der Waals surface area contributed by atoms with Crippen LogP contribution in [0.25, 0.3) is 0 Å². The molecule has 31 heavy (non-hydrogen) atoms. The highest BCUT2D eigenvalue weighted by Crippen LogP contribution is 2.37. The summed E-state index contributed by atoms with van der Waals surface area (Å²) in [6, 6.07) is 20.4. The Hall–Kier alpha value is -2.15. The smallest absolute Gasteiger partial charge is 0.408 e. The molecular formula is C25H38N2O3Si. The minimum Gasteiger partial charge on any atom is -0.465 e. The van der Waals surface area contributed by atoms with Gasteiger partial charge < -0.3 is 15.3 Å². The number of benzene rings is 2. The summed E-state index contributed by atoms with van der Waals surface area (Å²) < 4.78 is 6.99. The molecule has 6 heteroatoms. The van der Waals surface area contributed by atoms with E-state index in [1.165, 1.54) is 15.3 Å².